The lowest BCUT2D eigenvalue weighted by Crippen LogP contribution is -2.05. The number of nitrogens with one attached hydrogen (secondary N) is 1. The molecule has 0 aliphatic rings. The van der Waals surface area contributed by atoms with E-state index >= 15 is 0 Å². The number of carbonyl (C=O) groups excluding carboxylic acids is 1. The summed E-state index contributed by atoms with van der Waals surface area (Å²) in [6.07, 6.45) is 0. The fourth-order valence-electron chi connectivity index (χ4n) is 2.54. The minimum absolute atomic E-state index is 0.183. The zero-order valence-electron chi connectivity index (χ0n) is 13.5. The number of fused-ring (bicyclic) bond motifs is 1. The molecule has 1 heterocycles. The summed E-state index contributed by atoms with van der Waals surface area (Å²) < 4.78 is 5.06. The van der Waals surface area contributed by atoms with Crippen LogP contribution in [0, 0.1) is 6.92 Å². The Hall–Kier alpha value is -3.08. The van der Waals surface area contributed by atoms with Gasteiger partial charge in [0.2, 0.25) is 0 Å². The van der Waals surface area contributed by atoms with Crippen LogP contribution >= 0.6 is 0 Å². The number of aromatic nitrogens is 1. The number of rotatable bonds is 4. The standard InChI is InChI=1S/C19H18N2O3/c1-3-24-19(23)13-7-8-17-16(10-13)18(9-12(2)20-17)21-14-5-4-6-15(22)11-14/h4-11,22H,3H2,1-2H3,(H,20,21). The van der Waals surface area contributed by atoms with Gasteiger partial charge in [-0.05, 0) is 50.2 Å². The SMILES string of the molecule is CCOC(=O)c1ccc2nc(C)cc(Nc3cccc(O)c3)c2c1. The minimum atomic E-state index is -0.358. The number of hydrogen-bond donors (Lipinski definition) is 2. The Bertz CT molecular complexity index is 906. The molecule has 3 aromatic rings. The first-order chi connectivity index (χ1) is 11.6. The highest BCUT2D eigenvalue weighted by Gasteiger charge is 2.11. The number of pyridine rings is 1. The molecule has 3 rings (SSSR count). The van der Waals surface area contributed by atoms with Crippen LogP contribution in [0.1, 0.15) is 23.0 Å². The molecule has 0 saturated carbocycles. The van der Waals surface area contributed by atoms with E-state index in [-0.39, 0.29) is 11.7 Å². The topological polar surface area (TPSA) is 71.5 Å². The Morgan fingerprint density at radius 2 is 2.04 bits per heavy atom. The Labute approximate surface area is 139 Å². The number of aromatic hydroxyl groups is 1. The van der Waals surface area contributed by atoms with Gasteiger partial charge in [-0.3, -0.25) is 4.98 Å². The van der Waals surface area contributed by atoms with Crippen LogP contribution in [0.15, 0.2) is 48.5 Å². The quantitative estimate of drug-likeness (QED) is 0.705. The fraction of sp³-hybridized carbons (Fsp3) is 0.158. The van der Waals surface area contributed by atoms with Crippen LogP contribution in [0.5, 0.6) is 5.75 Å². The molecule has 0 fully saturated rings. The van der Waals surface area contributed by atoms with Gasteiger partial charge in [-0.15, -0.1) is 0 Å². The second-order valence-electron chi connectivity index (χ2n) is 5.44. The van der Waals surface area contributed by atoms with E-state index in [1.54, 1.807) is 37.3 Å². The Kier molecular flexibility index (Phi) is 4.33. The molecule has 0 radical (unpaired) electrons. The van der Waals surface area contributed by atoms with Crippen molar-refractivity contribution in [3.8, 4) is 5.75 Å². The van der Waals surface area contributed by atoms with E-state index in [1.165, 1.54) is 0 Å². The van der Waals surface area contributed by atoms with Crippen molar-refractivity contribution >= 4 is 28.2 Å². The molecule has 122 valence electrons. The number of nitrogens with zero attached hydrogens (tertiary/aromatic N) is 1. The van der Waals surface area contributed by atoms with E-state index in [2.05, 4.69) is 10.3 Å². The molecule has 2 N–H and O–H groups in total. The third-order valence-corrected chi connectivity index (χ3v) is 3.57. The molecular weight excluding hydrogens is 304 g/mol. The van der Waals surface area contributed by atoms with Gasteiger partial charge in [-0.25, -0.2) is 4.79 Å². The first-order valence-corrected chi connectivity index (χ1v) is 7.71. The summed E-state index contributed by atoms with van der Waals surface area (Å²) in [6.45, 7) is 4.02. The number of anilines is 2. The third kappa shape index (κ3) is 3.30. The second-order valence-corrected chi connectivity index (χ2v) is 5.44. The van der Waals surface area contributed by atoms with Gasteiger partial charge in [0.25, 0.3) is 0 Å². The highest BCUT2D eigenvalue weighted by atomic mass is 16.5. The maximum Gasteiger partial charge on any atom is 0.338 e. The van der Waals surface area contributed by atoms with Crippen molar-refractivity contribution in [3.63, 3.8) is 0 Å². The number of ether oxygens (including phenoxy) is 1. The van der Waals surface area contributed by atoms with Crippen LogP contribution in [-0.2, 0) is 4.74 Å². The summed E-state index contributed by atoms with van der Waals surface area (Å²) in [6, 6.07) is 14.1. The molecule has 1 aromatic heterocycles. The van der Waals surface area contributed by atoms with E-state index in [0.717, 1.165) is 28.0 Å². The summed E-state index contributed by atoms with van der Waals surface area (Å²) in [4.78, 5) is 16.5. The molecule has 2 aromatic carbocycles. The highest BCUT2D eigenvalue weighted by molar-refractivity contribution is 5.99. The number of esters is 1. The van der Waals surface area contributed by atoms with Crippen molar-refractivity contribution in [1.82, 2.24) is 4.98 Å². The van der Waals surface area contributed by atoms with Gasteiger partial charge in [0.05, 0.1) is 17.7 Å². The van der Waals surface area contributed by atoms with Crippen molar-refractivity contribution < 1.29 is 14.6 Å². The van der Waals surface area contributed by atoms with Gasteiger partial charge >= 0.3 is 5.97 Å². The average Bonchev–Trinajstić information content (AvgIpc) is 2.54. The number of aryl methyl sites for hydroxylation is 1. The number of phenolic OH excluding ortho intramolecular Hbond substituents is 1. The largest absolute Gasteiger partial charge is 0.508 e. The maximum atomic E-state index is 12.0. The van der Waals surface area contributed by atoms with Crippen LogP contribution in [-0.4, -0.2) is 22.7 Å². The van der Waals surface area contributed by atoms with Crippen LogP contribution in [0.3, 0.4) is 0 Å². The van der Waals surface area contributed by atoms with E-state index in [0.29, 0.717) is 12.2 Å². The molecule has 0 unspecified atom stereocenters. The van der Waals surface area contributed by atoms with E-state index in [1.807, 2.05) is 25.1 Å². The van der Waals surface area contributed by atoms with Gasteiger partial charge < -0.3 is 15.2 Å². The number of carbonyl (C=O) groups is 1. The lowest BCUT2D eigenvalue weighted by molar-refractivity contribution is 0.0526. The van der Waals surface area contributed by atoms with Gasteiger partial charge in [0, 0.05) is 28.5 Å². The molecule has 0 atom stereocenters. The average molecular weight is 322 g/mol. The first-order valence-electron chi connectivity index (χ1n) is 7.71. The molecule has 0 bridgehead atoms. The first kappa shape index (κ1) is 15.8. The minimum Gasteiger partial charge on any atom is -0.508 e. The number of phenols is 1. The van der Waals surface area contributed by atoms with E-state index in [4.69, 9.17) is 4.74 Å². The maximum absolute atomic E-state index is 12.0. The number of benzene rings is 2. The zero-order chi connectivity index (χ0) is 17.1. The van der Waals surface area contributed by atoms with Crippen molar-refractivity contribution in [2.45, 2.75) is 13.8 Å². The second kappa shape index (κ2) is 6.58. The summed E-state index contributed by atoms with van der Waals surface area (Å²) in [5.74, 6) is -0.175. The van der Waals surface area contributed by atoms with Gasteiger partial charge in [0.15, 0.2) is 0 Å². The molecule has 24 heavy (non-hydrogen) atoms. The van der Waals surface area contributed by atoms with Gasteiger partial charge in [-0.1, -0.05) is 6.07 Å². The molecule has 5 nitrogen and oxygen atoms in total. The van der Waals surface area contributed by atoms with Crippen LogP contribution in [0.2, 0.25) is 0 Å². The van der Waals surface area contributed by atoms with Crippen LogP contribution < -0.4 is 5.32 Å². The molecule has 0 aliphatic carbocycles. The van der Waals surface area contributed by atoms with E-state index in [9.17, 15) is 9.90 Å². The normalized spacial score (nSPS) is 10.6. The third-order valence-electron chi connectivity index (χ3n) is 3.57. The number of hydrogen-bond acceptors (Lipinski definition) is 5. The Morgan fingerprint density at radius 3 is 2.79 bits per heavy atom. The summed E-state index contributed by atoms with van der Waals surface area (Å²) in [7, 11) is 0. The molecular formula is C19H18N2O3. The summed E-state index contributed by atoms with van der Waals surface area (Å²) >= 11 is 0. The van der Waals surface area contributed by atoms with Gasteiger partial charge in [-0.2, -0.15) is 0 Å². The van der Waals surface area contributed by atoms with Crippen molar-refractivity contribution in [1.29, 1.82) is 0 Å². The molecule has 0 spiro atoms. The highest BCUT2D eigenvalue weighted by Crippen LogP contribution is 2.28. The summed E-state index contributed by atoms with van der Waals surface area (Å²) in [5.41, 5.74) is 3.69. The Balaban J connectivity index is 2.07. The van der Waals surface area contributed by atoms with Crippen molar-refractivity contribution in [2.75, 3.05) is 11.9 Å². The van der Waals surface area contributed by atoms with E-state index < -0.39 is 0 Å². The van der Waals surface area contributed by atoms with Crippen LogP contribution in [0.4, 0.5) is 11.4 Å². The monoisotopic (exact) mass is 322 g/mol. The fourth-order valence-corrected chi connectivity index (χ4v) is 2.54. The predicted octanol–water partition coefficient (Wildman–Crippen LogP) is 4.17. The smallest absolute Gasteiger partial charge is 0.338 e. The predicted molar refractivity (Wildman–Crippen MR) is 93.8 cm³/mol. The lowest BCUT2D eigenvalue weighted by atomic mass is 10.1. The molecule has 0 saturated heterocycles. The van der Waals surface area contributed by atoms with Crippen LogP contribution in [0.25, 0.3) is 10.9 Å². The Morgan fingerprint density at radius 1 is 1.21 bits per heavy atom. The van der Waals surface area contributed by atoms with Gasteiger partial charge in [0.1, 0.15) is 5.75 Å². The molecule has 0 aliphatic heterocycles. The van der Waals surface area contributed by atoms with Crippen molar-refractivity contribution in [2.24, 2.45) is 0 Å². The molecule has 5 heteroatoms. The zero-order valence-corrected chi connectivity index (χ0v) is 13.5. The lowest BCUT2D eigenvalue weighted by Gasteiger charge is -2.12. The van der Waals surface area contributed by atoms with Crippen molar-refractivity contribution in [3.05, 3.63) is 59.8 Å². The summed E-state index contributed by atoms with van der Waals surface area (Å²) in [5, 5.41) is 13.7. The molecule has 0 amide bonds.